The molecule has 0 bridgehead atoms. The fourth-order valence-electron chi connectivity index (χ4n) is 2.60. The molecule has 5 heteroatoms. The Morgan fingerprint density at radius 2 is 1.71 bits per heavy atom. The molecule has 0 radical (unpaired) electrons. The first-order chi connectivity index (χ1) is 9.61. The van der Waals surface area contributed by atoms with Crippen molar-refractivity contribution >= 4 is 10.0 Å². The second kappa shape index (κ2) is 6.90. The van der Waals surface area contributed by atoms with Gasteiger partial charge < -0.3 is 5.73 Å². The lowest BCUT2D eigenvalue weighted by Crippen LogP contribution is -2.36. The van der Waals surface area contributed by atoms with Gasteiger partial charge in [0, 0.05) is 19.6 Å². The number of rotatable bonds is 6. The minimum Gasteiger partial charge on any atom is -0.326 e. The van der Waals surface area contributed by atoms with Crippen molar-refractivity contribution in [3.8, 4) is 0 Å². The third-order valence-corrected chi connectivity index (χ3v) is 6.06. The van der Waals surface area contributed by atoms with Crippen LogP contribution in [0.2, 0.25) is 0 Å². The number of hydrogen-bond donors (Lipinski definition) is 1. The third-order valence-electron chi connectivity index (χ3n) is 3.94. The molecular weight excluding hydrogens is 284 g/mol. The normalized spacial score (nSPS) is 14.0. The van der Waals surface area contributed by atoms with Crippen LogP contribution in [0.4, 0.5) is 0 Å². The minimum absolute atomic E-state index is 0.0305. The number of aryl methyl sites for hydroxylation is 2. The minimum atomic E-state index is -3.49. The maximum Gasteiger partial charge on any atom is 0.243 e. The van der Waals surface area contributed by atoms with E-state index < -0.39 is 10.0 Å². The average molecular weight is 312 g/mol. The van der Waals surface area contributed by atoms with Crippen molar-refractivity contribution in [2.24, 2.45) is 11.7 Å². The SMILES string of the molecule is Cc1cc(C)c(S(=O)(=O)N(C)C(C)CC(C)C)cc1CN. The molecule has 0 aliphatic rings. The first-order valence-electron chi connectivity index (χ1n) is 7.39. The Kier molecular flexibility index (Phi) is 5.96. The highest BCUT2D eigenvalue weighted by Crippen LogP contribution is 2.25. The molecule has 1 atom stereocenters. The molecule has 1 rings (SSSR count). The number of nitrogens with two attached hydrogens (primary N) is 1. The number of nitrogens with zero attached hydrogens (tertiary/aromatic N) is 1. The van der Waals surface area contributed by atoms with Crippen LogP contribution in [0.3, 0.4) is 0 Å². The fourth-order valence-corrected chi connectivity index (χ4v) is 4.22. The van der Waals surface area contributed by atoms with Crippen LogP contribution in [-0.4, -0.2) is 25.8 Å². The molecule has 1 unspecified atom stereocenters. The summed E-state index contributed by atoms with van der Waals surface area (Å²) in [6.07, 6.45) is 0.838. The van der Waals surface area contributed by atoms with Gasteiger partial charge in [0.2, 0.25) is 10.0 Å². The van der Waals surface area contributed by atoms with Crippen molar-refractivity contribution in [1.82, 2.24) is 4.31 Å². The average Bonchev–Trinajstić information content (AvgIpc) is 2.36. The highest BCUT2D eigenvalue weighted by Gasteiger charge is 2.27. The molecule has 0 spiro atoms. The molecule has 0 saturated heterocycles. The molecule has 1 aromatic carbocycles. The standard InChI is InChI=1S/C16H28N2O2S/c1-11(2)7-14(5)18(6)21(19,20)16-9-15(10-17)12(3)8-13(16)4/h8-9,11,14H,7,10,17H2,1-6H3. The van der Waals surface area contributed by atoms with E-state index in [9.17, 15) is 8.42 Å². The second-order valence-corrected chi connectivity index (χ2v) is 8.21. The van der Waals surface area contributed by atoms with Crippen LogP contribution >= 0.6 is 0 Å². The summed E-state index contributed by atoms with van der Waals surface area (Å²) in [7, 11) is -1.83. The molecule has 0 aliphatic carbocycles. The quantitative estimate of drug-likeness (QED) is 0.878. The third kappa shape index (κ3) is 4.05. The van der Waals surface area contributed by atoms with E-state index in [-0.39, 0.29) is 6.04 Å². The van der Waals surface area contributed by atoms with Crippen LogP contribution in [0, 0.1) is 19.8 Å². The first-order valence-corrected chi connectivity index (χ1v) is 8.83. The summed E-state index contributed by atoms with van der Waals surface area (Å²) >= 11 is 0. The molecule has 0 aliphatic heterocycles. The number of sulfonamides is 1. The molecule has 0 fully saturated rings. The Morgan fingerprint density at radius 3 is 2.19 bits per heavy atom. The Hall–Kier alpha value is -0.910. The van der Waals surface area contributed by atoms with Gasteiger partial charge in [-0.25, -0.2) is 8.42 Å². The number of hydrogen-bond acceptors (Lipinski definition) is 3. The Balaban J connectivity index is 3.24. The molecule has 0 aromatic heterocycles. The van der Waals surface area contributed by atoms with E-state index in [0.717, 1.165) is 23.1 Å². The molecule has 0 amide bonds. The predicted octanol–water partition coefficient (Wildman–Crippen LogP) is 2.82. The van der Waals surface area contributed by atoms with E-state index in [2.05, 4.69) is 13.8 Å². The maximum absolute atomic E-state index is 12.8. The van der Waals surface area contributed by atoms with Crippen molar-refractivity contribution < 1.29 is 8.42 Å². The summed E-state index contributed by atoms with van der Waals surface area (Å²) in [6, 6.07) is 3.59. The zero-order valence-corrected chi connectivity index (χ0v) is 14.8. The molecular formula is C16H28N2O2S. The van der Waals surface area contributed by atoms with Crippen LogP contribution < -0.4 is 5.73 Å². The van der Waals surface area contributed by atoms with E-state index in [4.69, 9.17) is 5.73 Å². The lowest BCUT2D eigenvalue weighted by atomic mass is 10.1. The zero-order valence-electron chi connectivity index (χ0n) is 14.0. The topological polar surface area (TPSA) is 63.4 Å². The van der Waals surface area contributed by atoms with Crippen LogP contribution in [0.1, 0.15) is 43.9 Å². The van der Waals surface area contributed by atoms with Crippen molar-refractivity contribution in [1.29, 1.82) is 0 Å². The molecule has 0 saturated carbocycles. The van der Waals surface area contributed by atoms with Crippen molar-refractivity contribution in [3.05, 3.63) is 28.8 Å². The molecule has 2 N–H and O–H groups in total. The summed E-state index contributed by atoms with van der Waals surface area (Å²) in [5, 5.41) is 0. The molecule has 4 nitrogen and oxygen atoms in total. The highest BCUT2D eigenvalue weighted by molar-refractivity contribution is 7.89. The lowest BCUT2D eigenvalue weighted by molar-refractivity contribution is 0.337. The van der Waals surface area contributed by atoms with Gasteiger partial charge in [-0.3, -0.25) is 0 Å². The van der Waals surface area contributed by atoms with Gasteiger partial charge in [-0.05, 0) is 55.9 Å². The lowest BCUT2D eigenvalue weighted by Gasteiger charge is -2.26. The number of benzene rings is 1. The Labute approximate surface area is 129 Å². The van der Waals surface area contributed by atoms with E-state index >= 15 is 0 Å². The van der Waals surface area contributed by atoms with Gasteiger partial charge in [0.1, 0.15) is 0 Å². The summed E-state index contributed by atoms with van der Waals surface area (Å²) in [6.45, 7) is 10.3. The van der Waals surface area contributed by atoms with Gasteiger partial charge in [0.25, 0.3) is 0 Å². The highest BCUT2D eigenvalue weighted by atomic mass is 32.2. The van der Waals surface area contributed by atoms with E-state index in [1.54, 1.807) is 13.1 Å². The van der Waals surface area contributed by atoms with Crippen molar-refractivity contribution in [3.63, 3.8) is 0 Å². The molecule has 1 aromatic rings. The van der Waals surface area contributed by atoms with Crippen LogP contribution in [0.25, 0.3) is 0 Å². The van der Waals surface area contributed by atoms with Gasteiger partial charge in [-0.1, -0.05) is 19.9 Å². The largest absolute Gasteiger partial charge is 0.326 e. The summed E-state index contributed by atoms with van der Waals surface area (Å²) in [5.41, 5.74) is 8.39. The zero-order chi connectivity index (χ0) is 16.4. The van der Waals surface area contributed by atoms with E-state index in [0.29, 0.717) is 17.4 Å². The van der Waals surface area contributed by atoms with Crippen LogP contribution in [-0.2, 0) is 16.6 Å². The van der Waals surface area contributed by atoms with E-state index in [1.807, 2.05) is 26.8 Å². The smallest absolute Gasteiger partial charge is 0.243 e. The van der Waals surface area contributed by atoms with Gasteiger partial charge in [0.15, 0.2) is 0 Å². The van der Waals surface area contributed by atoms with Crippen molar-refractivity contribution in [2.45, 2.75) is 58.5 Å². The van der Waals surface area contributed by atoms with Gasteiger partial charge >= 0.3 is 0 Å². The summed E-state index contributed by atoms with van der Waals surface area (Å²) < 4.78 is 27.2. The summed E-state index contributed by atoms with van der Waals surface area (Å²) in [5.74, 6) is 0.455. The predicted molar refractivity (Wildman–Crippen MR) is 87.7 cm³/mol. The van der Waals surface area contributed by atoms with Crippen LogP contribution in [0.5, 0.6) is 0 Å². The van der Waals surface area contributed by atoms with Gasteiger partial charge in [0.05, 0.1) is 4.90 Å². The van der Waals surface area contributed by atoms with Crippen molar-refractivity contribution in [2.75, 3.05) is 7.05 Å². The monoisotopic (exact) mass is 312 g/mol. The van der Waals surface area contributed by atoms with Gasteiger partial charge in [-0.2, -0.15) is 4.31 Å². The fraction of sp³-hybridized carbons (Fsp3) is 0.625. The maximum atomic E-state index is 12.8. The molecule has 21 heavy (non-hydrogen) atoms. The first kappa shape index (κ1) is 18.1. The Morgan fingerprint density at radius 1 is 1.14 bits per heavy atom. The summed E-state index contributed by atoms with van der Waals surface area (Å²) in [4.78, 5) is 0.367. The van der Waals surface area contributed by atoms with E-state index in [1.165, 1.54) is 4.31 Å². The van der Waals surface area contributed by atoms with Gasteiger partial charge in [-0.15, -0.1) is 0 Å². The second-order valence-electron chi connectivity index (χ2n) is 6.25. The van der Waals surface area contributed by atoms with Crippen LogP contribution in [0.15, 0.2) is 17.0 Å². The molecule has 0 heterocycles. The molecule has 120 valence electrons. The Bertz CT molecular complexity index is 595.